The number of carboxylic acids is 1. The van der Waals surface area contributed by atoms with Crippen molar-refractivity contribution in [2.75, 3.05) is 0 Å². The summed E-state index contributed by atoms with van der Waals surface area (Å²) >= 11 is 1.47. The zero-order valence-electron chi connectivity index (χ0n) is 8.53. The molecule has 0 spiro atoms. The Kier molecular flexibility index (Phi) is 2.75. The van der Waals surface area contributed by atoms with Crippen LogP contribution in [0.25, 0.3) is 10.4 Å². The topological polar surface area (TPSA) is 37.3 Å². The lowest BCUT2D eigenvalue weighted by molar-refractivity contribution is 0.0696. The van der Waals surface area contributed by atoms with E-state index in [0.717, 1.165) is 16.5 Å². The number of halogens is 1. The zero-order valence-corrected chi connectivity index (χ0v) is 9.34. The first kappa shape index (κ1) is 10.8. The van der Waals surface area contributed by atoms with Crippen molar-refractivity contribution < 1.29 is 14.3 Å². The van der Waals surface area contributed by atoms with Gasteiger partial charge < -0.3 is 5.11 Å². The molecule has 1 N–H and O–H groups in total. The van der Waals surface area contributed by atoms with Crippen LogP contribution in [0.15, 0.2) is 29.6 Å². The van der Waals surface area contributed by atoms with Crippen LogP contribution in [0.2, 0.25) is 0 Å². The molecule has 0 bridgehead atoms. The summed E-state index contributed by atoms with van der Waals surface area (Å²) in [6, 6.07) is 5.76. The molecule has 0 aliphatic rings. The van der Waals surface area contributed by atoms with Crippen molar-refractivity contribution in [3.05, 3.63) is 46.6 Å². The van der Waals surface area contributed by atoms with Crippen LogP contribution in [-0.4, -0.2) is 11.1 Å². The number of thiophene rings is 1. The van der Waals surface area contributed by atoms with Crippen molar-refractivity contribution in [3.8, 4) is 10.4 Å². The molecule has 0 fully saturated rings. The van der Waals surface area contributed by atoms with Gasteiger partial charge in [0.05, 0.1) is 5.56 Å². The number of carbonyl (C=O) groups is 1. The number of aromatic carboxylic acids is 1. The van der Waals surface area contributed by atoms with Gasteiger partial charge >= 0.3 is 5.97 Å². The maximum atomic E-state index is 13.2. The van der Waals surface area contributed by atoms with E-state index in [1.807, 2.05) is 18.4 Å². The summed E-state index contributed by atoms with van der Waals surface area (Å²) < 4.78 is 13.2. The van der Waals surface area contributed by atoms with Crippen molar-refractivity contribution in [2.24, 2.45) is 0 Å². The number of rotatable bonds is 2. The van der Waals surface area contributed by atoms with E-state index in [1.54, 1.807) is 0 Å². The number of benzene rings is 1. The van der Waals surface area contributed by atoms with E-state index in [1.165, 1.54) is 23.5 Å². The van der Waals surface area contributed by atoms with E-state index in [0.29, 0.717) is 5.56 Å². The highest BCUT2D eigenvalue weighted by Crippen LogP contribution is 2.28. The summed E-state index contributed by atoms with van der Waals surface area (Å²) in [7, 11) is 0. The van der Waals surface area contributed by atoms with Crippen LogP contribution in [-0.2, 0) is 0 Å². The fourth-order valence-electron chi connectivity index (χ4n) is 1.44. The minimum absolute atomic E-state index is 0.0268. The van der Waals surface area contributed by atoms with Crippen LogP contribution in [0.5, 0.6) is 0 Å². The number of carboxylic acid groups (broad SMARTS) is 1. The molecular formula is C12H9FO2S. The largest absolute Gasteiger partial charge is 0.478 e. The van der Waals surface area contributed by atoms with Crippen molar-refractivity contribution >= 4 is 17.3 Å². The molecule has 0 saturated heterocycles. The molecule has 82 valence electrons. The van der Waals surface area contributed by atoms with Crippen molar-refractivity contribution in [1.29, 1.82) is 0 Å². The van der Waals surface area contributed by atoms with E-state index in [-0.39, 0.29) is 5.56 Å². The van der Waals surface area contributed by atoms with Crippen LogP contribution < -0.4 is 0 Å². The average molecular weight is 236 g/mol. The smallest absolute Gasteiger partial charge is 0.335 e. The van der Waals surface area contributed by atoms with E-state index in [9.17, 15) is 9.18 Å². The number of hydrogen-bond acceptors (Lipinski definition) is 2. The molecule has 1 heterocycles. The van der Waals surface area contributed by atoms with E-state index >= 15 is 0 Å². The fraction of sp³-hybridized carbons (Fsp3) is 0.0833. The lowest BCUT2D eigenvalue weighted by Crippen LogP contribution is -1.97. The summed E-state index contributed by atoms with van der Waals surface area (Å²) in [4.78, 5) is 11.7. The van der Waals surface area contributed by atoms with Crippen LogP contribution in [0.1, 0.15) is 15.9 Å². The second kappa shape index (κ2) is 4.06. The first-order chi connectivity index (χ1) is 7.56. The van der Waals surface area contributed by atoms with Gasteiger partial charge in [0.2, 0.25) is 0 Å². The molecule has 2 rings (SSSR count). The quantitative estimate of drug-likeness (QED) is 0.865. The normalized spacial score (nSPS) is 10.4. The summed E-state index contributed by atoms with van der Waals surface area (Å²) in [6.07, 6.45) is 0. The molecule has 0 radical (unpaired) electrons. The highest BCUT2D eigenvalue weighted by molar-refractivity contribution is 7.13. The molecule has 0 unspecified atom stereocenters. The molecule has 2 aromatic rings. The summed E-state index contributed by atoms with van der Waals surface area (Å²) in [5.74, 6) is -1.64. The summed E-state index contributed by atoms with van der Waals surface area (Å²) in [5, 5.41) is 10.8. The molecule has 0 atom stereocenters. The van der Waals surface area contributed by atoms with E-state index in [4.69, 9.17) is 5.11 Å². The molecule has 0 amide bonds. The predicted octanol–water partition coefficient (Wildman–Crippen LogP) is 3.56. The van der Waals surface area contributed by atoms with Gasteiger partial charge in [-0.2, -0.15) is 0 Å². The maximum absolute atomic E-state index is 13.2. The van der Waals surface area contributed by atoms with Crippen molar-refractivity contribution in [3.63, 3.8) is 0 Å². The Morgan fingerprint density at radius 1 is 1.31 bits per heavy atom. The molecular weight excluding hydrogens is 227 g/mol. The standard InChI is InChI=1S/C12H9FO2S/c1-7-2-11(16-6-7)8-3-9(12(14)15)5-10(13)4-8/h2-6H,1H3,(H,14,15). The second-order valence-electron chi connectivity index (χ2n) is 3.52. The minimum atomic E-state index is -1.12. The summed E-state index contributed by atoms with van der Waals surface area (Å²) in [5.41, 5.74) is 1.66. The van der Waals surface area contributed by atoms with Gasteiger partial charge in [0.15, 0.2) is 0 Å². The highest BCUT2D eigenvalue weighted by atomic mass is 32.1. The molecule has 0 aliphatic heterocycles. The van der Waals surface area contributed by atoms with Gasteiger partial charge in [-0.1, -0.05) is 0 Å². The Bertz CT molecular complexity index is 546. The molecule has 16 heavy (non-hydrogen) atoms. The third-order valence-electron chi connectivity index (χ3n) is 2.16. The van der Waals surface area contributed by atoms with Gasteiger partial charge in [-0.05, 0) is 47.7 Å². The van der Waals surface area contributed by atoms with Gasteiger partial charge in [0.1, 0.15) is 5.82 Å². The van der Waals surface area contributed by atoms with Crippen molar-refractivity contribution in [1.82, 2.24) is 0 Å². The Labute approximate surface area is 96.0 Å². The minimum Gasteiger partial charge on any atom is -0.478 e. The average Bonchev–Trinajstić information content (AvgIpc) is 2.64. The van der Waals surface area contributed by atoms with Gasteiger partial charge in [-0.15, -0.1) is 11.3 Å². The fourth-order valence-corrected chi connectivity index (χ4v) is 2.33. The van der Waals surface area contributed by atoms with E-state index < -0.39 is 11.8 Å². The van der Waals surface area contributed by atoms with Crippen molar-refractivity contribution in [2.45, 2.75) is 6.92 Å². The number of aryl methyl sites for hydroxylation is 1. The molecule has 1 aromatic carbocycles. The molecule has 4 heteroatoms. The molecule has 0 saturated carbocycles. The lowest BCUT2D eigenvalue weighted by Gasteiger charge is -2.00. The zero-order chi connectivity index (χ0) is 11.7. The Morgan fingerprint density at radius 3 is 2.62 bits per heavy atom. The van der Waals surface area contributed by atoms with Crippen LogP contribution in [0, 0.1) is 12.7 Å². The van der Waals surface area contributed by atoms with Crippen LogP contribution in [0.3, 0.4) is 0 Å². The van der Waals surface area contributed by atoms with Gasteiger partial charge in [-0.3, -0.25) is 0 Å². The highest BCUT2D eigenvalue weighted by Gasteiger charge is 2.09. The molecule has 0 aliphatic carbocycles. The molecule has 2 nitrogen and oxygen atoms in total. The monoisotopic (exact) mass is 236 g/mol. The third kappa shape index (κ3) is 2.12. The second-order valence-corrected chi connectivity index (χ2v) is 4.43. The van der Waals surface area contributed by atoms with Gasteiger partial charge in [-0.25, -0.2) is 9.18 Å². The first-order valence-electron chi connectivity index (χ1n) is 4.65. The Morgan fingerprint density at radius 2 is 2.06 bits per heavy atom. The van der Waals surface area contributed by atoms with E-state index in [2.05, 4.69) is 0 Å². The van der Waals surface area contributed by atoms with Crippen LogP contribution in [0.4, 0.5) is 4.39 Å². The molecule has 1 aromatic heterocycles. The lowest BCUT2D eigenvalue weighted by atomic mass is 10.1. The maximum Gasteiger partial charge on any atom is 0.335 e. The van der Waals surface area contributed by atoms with Gasteiger partial charge in [0.25, 0.3) is 0 Å². The number of hydrogen-bond donors (Lipinski definition) is 1. The SMILES string of the molecule is Cc1csc(-c2cc(F)cc(C(=O)O)c2)c1. The Balaban J connectivity index is 2.53. The summed E-state index contributed by atoms with van der Waals surface area (Å²) in [6.45, 7) is 1.94. The Hall–Kier alpha value is -1.68. The predicted molar refractivity (Wildman–Crippen MR) is 61.4 cm³/mol. The first-order valence-corrected chi connectivity index (χ1v) is 5.53. The van der Waals surface area contributed by atoms with Crippen LogP contribution >= 0.6 is 11.3 Å². The third-order valence-corrected chi connectivity index (χ3v) is 3.26. The van der Waals surface area contributed by atoms with Gasteiger partial charge in [0, 0.05) is 4.88 Å².